The number of hydrogen-bond acceptors (Lipinski definition) is 6. The number of aryl methyl sites for hydroxylation is 2. The van der Waals surface area contributed by atoms with Gasteiger partial charge in [0.2, 0.25) is 0 Å². The Bertz CT molecular complexity index is 1260. The molecule has 0 radical (unpaired) electrons. The molecule has 1 amide bonds. The molecule has 5 nitrogen and oxygen atoms in total. The Morgan fingerprint density at radius 1 is 0.914 bits per heavy atom. The number of amides is 1. The highest BCUT2D eigenvalue weighted by Gasteiger charge is 2.32. The summed E-state index contributed by atoms with van der Waals surface area (Å²) in [5, 5.41) is 0. The SMILES string of the molecule is COc1cc(C=C2SC(=S)N(Cc3ccccc3)C2=O)ccc1OCCOc1cc(C)ccc1C. The smallest absolute Gasteiger partial charge is 0.266 e. The largest absolute Gasteiger partial charge is 0.493 e. The number of nitrogens with zero attached hydrogens (tertiary/aromatic N) is 1. The molecule has 0 unspecified atom stereocenters. The molecule has 1 heterocycles. The molecule has 3 aromatic carbocycles. The maximum Gasteiger partial charge on any atom is 0.266 e. The molecule has 0 aliphatic carbocycles. The van der Waals surface area contributed by atoms with E-state index in [1.807, 2.05) is 80.6 Å². The fraction of sp³-hybridized carbons (Fsp3) is 0.214. The Balaban J connectivity index is 1.39. The quantitative estimate of drug-likeness (QED) is 0.197. The van der Waals surface area contributed by atoms with E-state index in [0.717, 1.165) is 28.0 Å². The summed E-state index contributed by atoms with van der Waals surface area (Å²) in [7, 11) is 1.60. The van der Waals surface area contributed by atoms with Crippen LogP contribution in [0.4, 0.5) is 0 Å². The van der Waals surface area contributed by atoms with Crippen molar-refractivity contribution in [3.05, 3.63) is 93.9 Å². The first kappa shape index (κ1) is 24.8. The van der Waals surface area contributed by atoms with Crippen LogP contribution in [0.15, 0.2) is 71.6 Å². The van der Waals surface area contributed by atoms with Crippen molar-refractivity contribution < 1.29 is 19.0 Å². The first-order valence-corrected chi connectivity index (χ1v) is 12.5. The van der Waals surface area contributed by atoms with Gasteiger partial charge in [0.1, 0.15) is 23.3 Å². The van der Waals surface area contributed by atoms with Gasteiger partial charge >= 0.3 is 0 Å². The van der Waals surface area contributed by atoms with E-state index in [9.17, 15) is 4.79 Å². The van der Waals surface area contributed by atoms with Crippen LogP contribution in [-0.2, 0) is 11.3 Å². The van der Waals surface area contributed by atoms with E-state index >= 15 is 0 Å². The molecule has 0 atom stereocenters. The molecule has 180 valence electrons. The molecule has 0 spiro atoms. The average Bonchev–Trinajstić information content (AvgIpc) is 3.12. The van der Waals surface area contributed by atoms with Crippen molar-refractivity contribution in [1.82, 2.24) is 4.90 Å². The highest BCUT2D eigenvalue weighted by atomic mass is 32.2. The summed E-state index contributed by atoms with van der Waals surface area (Å²) in [6, 6.07) is 21.5. The van der Waals surface area contributed by atoms with Gasteiger partial charge in [0.05, 0.1) is 18.6 Å². The summed E-state index contributed by atoms with van der Waals surface area (Å²) in [6.45, 7) is 5.31. The van der Waals surface area contributed by atoms with Gasteiger partial charge in [0.15, 0.2) is 11.5 Å². The lowest BCUT2D eigenvalue weighted by Gasteiger charge is -2.14. The monoisotopic (exact) mass is 505 g/mol. The standard InChI is InChI=1S/C28H27NO4S2/c1-19-9-10-20(2)24(15-19)33-14-13-32-23-12-11-22(16-25(23)31-3)17-26-27(30)29(28(34)35-26)18-21-7-5-4-6-8-21/h4-12,15-17H,13-14,18H2,1-3H3. The van der Waals surface area contributed by atoms with Gasteiger partial charge in [-0.05, 0) is 60.4 Å². The summed E-state index contributed by atoms with van der Waals surface area (Å²) in [4.78, 5) is 15.2. The number of benzene rings is 3. The van der Waals surface area contributed by atoms with Crippen LogP contribution in [-0.4, -0.2) is 35.5 Å². The zero-order valence-electron chi connectivity index (χ0n) is 19.9. The summed E-state index contributed by atoms with van der Waals surface area (Å²) in [5.41, 5.74) is 4.11. The third-order valence-corrected chi connectivity index (χ3v) is 6.86. The molecule has 0 N–H and O–H groups in total. The Kier molecular flexibility index (Phi) is 8.10. The van der Waals surface area contributed by atoms with Gasteiger partial charge in [-0.25, -0.2) is 0 Å². The van der Waals surface area contributed by atoms with Crippen LogP contribution in [0, 0.1) is 13.8 Å². The van der Waals surface area contributed by atoms with E-state index < -0.39 is 0 Å². The van der Waals surface area contributed by atoms with E-state index in [0.29, 0.717) is 40.5 Å². The van der Waals surface area contributed by atoms with Crippen molar-refractivity contribution in [2.75, 3.05) is 20.3 Å². The molecule has 1 fully saturated rings. The van der Waals surface area contributed by atoms with Crippen LogP contribution in [0.3, 0.4) is 0 Å². The molecule has 0 aromatic heterocycles. The molecule has 0 bridgehead atoms. The zero-order valence-corrected chi connectivity index (χ0v) is 21.6. The van der Waals surface area contributed by atoms with Crippen molar-refractivity contribution in [3.63, 3.8) is 0 Å². The minimum Gasteiger partial charge on any atom is -0.493 e. The number of thiocarbonyl (C=S) groups is 1. The highest BCUT2D eigenvalue weighted by Crippen LogP contribution is 2.35. The van der Waals surface area contributed by atoms with Gasteiger partial charge in [-0.2, -0.15) is 0 Å². The van der Waals surface area contributed by atoms with Crippen molar-refractivity contribution in [3.8, 4) is 17.2 Å². The van der Waals surface area contributed by atoms with Crippen molar-refractivity contribution in [2.45, 2.75) is 20.4 Å². The molecular weight excluding hydrogens is 478 g/mol. The van der Waals surface area contributed by atoms with Gasteiger partial charge in [0.25, 0.3) is 5.91 Å². The number of carbonyl (C=O) groups is 1. The van der Waals surface area contributed by atoms with Crippen LogP contribution in [0.1, 0.15) is 22.3 Å². The summed E-state index contributed by atoms with van der Waals surface area (Å²) in [6.07, 6.45) is 1.83. The number of hydrogen-bond donors (Lipinski definition) is 0. The van der Waals surface area contributed by atoms with E-state index in [1.54, 1.807) is 12.0 Å². The summed E-state index contributed by atoms with van der Waals surface area (Å²) >= 11 is 6.77. The molecule has 1 aliphatic rings. The van der Waals surface area contributed by atoms with Crippen LogP contribution in [0.5, 0.6) is 17.2 Å². The van der Waals surface area contributed by atoms with Crippen LogP contribution >= 0.6 is 24.0 Å². The second kappa shape index (κ2) is 11.4. The topological polar surface area (TPSA) is 48.0 Å². The highest BCUT2D eigenvalue weighted by molar-refractivity contribution is 8.26. The third-order valence-electron chi connectivity index (χ3n) is 5.48. The molecular formula is C28H27NO4S2. The normalized spacial score (nSPS) is 14.5. The van der Waals surface area contributed by atoms with Crippen LogP contribution < -0.4 is 14.2 Å². The second-order valence-electron chi connectivity index (χ2n) is 8.13. The maximum atomic E-state index is 13.0. The predicted molar refractivity (Wildman–Crippen MR) is 145 cm³/mol. The van der Waals surface area contributed by atoms with Crippen LogP contribution in [0.2, 0.25) is 0 Å². The lowest BCUT2D eigenvalue weighted by Crippen LogP contribution is -2.27. The van der Waals surface area contributed by atoms with E-state index in [4.69, 9.17) is 26.4 Å². The van der Waals surface area contributed by atoms with Gasteiger partial charge in [-0.1, -0.05) is 72.5 Å². The number of methoxy groups -OCH3 is 1. The molecule has 4 rings (SSSR count). The lowest BCUT2D eigenvalue weighted by molar-refractivity contribution is -0.122. The molecule has 7 heteroatoms. The Morgan fingerprint density at radius 2 is 1.66 bits per heavy atom. The number of thioether (sulfide) groups is 1. The zero-order chi connectivity index (χ0) is 24.8. The predicted octanol–water partition coefficient (Wildman–Crippen LogP) is 6.17. The molecule has 3 aromatic rings. The Labute approximate surface area is 215 Å². The Morgan fingerprint density at radius 3 is 2.40 bits per heavy atom. The summed E-state index contributed by atoms with van der Waals surface area (Å²) in [5.74, 6) is 1.98. The third kappa shape index (κ3) is 6.24. The van der Waals surface area contributed by atoms with Crippen molar-refractivity contribution >= 4 is 40.3 Å². The van der Waals surface area contributed by atoms with Gasteiger partial charge in [-0.15, -0.1) is 0 Å². The van der Waals surface area contributed by atoms with Gasteiger partial charge in [0, 0.05) is 0 Å². The molecule has 1 aliphatic heterocycles. The average molecular weight is 506 g/mol. The lowest BCUT2D eigenvalue weighted by atomic mass is 10.1. The number of rotatable bonds is 9. The molecule has 1 saturated heterocycles. The van der Waals surface area contributed by atoms with E-state index in [2.05, 4.69) is 6.07 Å². The molecule has 0 saturated carbocycles. The fourth-order valence-corrected chi connectivity index (χ4v) is 4.87. The maximum absolute atomic E-state index is 13.0. The number of carbonyl (C=O) groups excluding carboxylic acids is 1. The first-order chi connectivity index (χ1) is 16.9. The van der Waals surface area contributed by atoms with Gasteiger partial charge < -0.3 is 14.2 Å². The van der Waals surface area contributed by atoms with Crippen molar-refractivity contribution in [2.24, 2.45) is 0 Å². The minimum absolute atomic E-state index is 0.0910. The summed E-state index contributed by atoms with van der Waals surface area (Å²) < 4.78 is 17.8. The Hall–Kier alpha value is -3.29. The van der Waals surface area contributed by atoms with Crippen LogP contribution in [0.25, 0.3) is 6.08 Å². The van der Waals surface area contributed by atoms with Gasteiger partial charge in [-0.3, -0.25) is 9.69 Å². The van der Waals surface area contributed by atoms with E-state index in [-0.39, 0.29) is 5.91 Å². The minimum atomic E-state index is -0.0910. The number of ether oxygens (including phenoxy) is 3. The second-order valence-corrected chi connectivity index (χ2v) is 9.81. The first-order valence-electron chi connectivity index (χ1n) is 11.2. The van der Waals surface area contributed by atoms with Crippen molar-refractivity contribution in [1.29, 1.82) is 0 Å². The van der Waals surface area contributed by atoms with E-state index in [1.165, 1.54) is 11.8 Å². The molecule has 35 heavy (non-hydrogen) atoms. The fourth-order valence-electron chi connectivity index (χ4n) is 3.61.